The van der Waals surface area contributed by atoms with Crippen molar-refractivity contribution in [2.45, 2.75) is 44.9 Å². The molecular weight excluding hydrogens is 308 g/mol. The molecule has 2 heterocycles. The van der Waals surface area contributed by atoms with Gasteiger partial charge >= 0.3 is 0 Å². The number of unbranched alkanes of at least 4 members (excludes halogenated alkanes) is 4. The molecule has 2 aromatic heterocycles. The Morgan fingerprint density at radius 1 is 0.520 bits per heavy atom. The van der Waals surface area contributed by atoms with Crippen molar-refractivity contribution in [3.63, 3.8) is 0 Å². The van der Waals surface area contributed by atoms with E-state index < -0.39 is 0 Å². The molecule has 0 unspecified atom stereocenters. The third-order valence-electron chi connectivity index (χ3n) is 4.39. The van der Waals surface area contributed by atoms with Crippen LogP contribution in [0.15, 0.2) is 49.1 Å². The highest BCUT2D eigenvalue weighted by Crippen LogP contribution is 2.02. The molecule has 0 bridgehead atoms. The molecule has 0 saturated carbocycles. The largest absolute Gasteiger partial charge is 0.316 e. The lowest BCUT2D eigenvalue weighted by Crippen LogP contribution is -2.19. The molecule has 0 saturated heterocycles. The number of aromatic nitrogens is 2. The van der Waals surface area contributed by atoms with Crippen LogP contribution in [0.5, 0.6) is 0 Å². The van der Waals surface area contributed by atoms with Crippen molar-refractivity contribution in [1.82, 2.24) is 20.6 Å². The molecule has 0 aliphatic heterocycles. The number of hydrogen-bond donors (Lipinski definition) is 2. The molecule has 2 rings (SSSR count). The fraction of sp³-hybridized carbons (Fsp3) is 0.524. The third-order valence-corrected chi connectivity index (χ3v) is 4.39. The van der Waals surface area contributed by atoms with Gasteiger partial charge in [0.15, 0.2) is 0 Å². The van der Waals surface area contributed by atoms with E-state index in [1.165, 1.54) is 43.2 Å². The first kappa shape index (κ1) is 19.5. The Hall–Kier alpha value is -1.78. The van der Waals surface area contributed by atoms with Crippen LogP contribution in [-0.4, -0.2) is 36.1 Å². The molecule has 0 aromatic carbocycles. The van der Waals surface area contributed by atoms with E-state index >= 15 is 0 Å². The van der Waals surface area contributed by atoms with Gasteiger partial charge in [-0.25, -0.2) is 0 Å². The molecule has 25 heavy (non-hydrogen) atoms. The number of nitrogens with zero attached hydrogens (tertiary/aromatic N) is 2. The van der Waals surface area contributed by atoms with Gasteiger partial charge in [-0.15, -0.1) is 0 Å². The van der Waals surface area contributed by atoms with Crippen molar-refractivity contribution < 1.29 is 0 Å². The summed E-state index contributed by atoms with van der Waals surface area (Å²) < 4.78 is 0. The summed E-state index contributed by atoms with van der Waals surface area (Å²) in [5.74, 6) is 0. The molecule has 0 aliphatic carbocycles. The summed E-state index contributed by atoms with van der Waals surface area (Å²) in [5.41, 5.74) is 2.72. The maximum Gasteiger partial charge on any atom is 0.0270 e. The quantitative estimate of drug-likeness (QED) is 0.518. The van der Waals surface area contributed by atoms with Gasteiger partial charge in [0.25, 0.3) is 0 Å². The first-order chi connectivity index (χ1) is 12.4. The number of nitrogens with one attached hydrogen (secondary N) is 2. The second-order valence-electron chi connectivity index (χ2n) is 6.48. The highest BCUT2D eigenvalue weighted by Gasteiger charge is 1.95. The van der Waals surface area contributed by atoms with Crippen molar-refractivity contribution in [1.29, 1.82) is 0 Å². The molecule has 2 N–H and O–H groups in total. The van der Waals surface area contributed by atoms with Gasteiger partial charge < -0.3 is 10.6 Å². The average molecular weight is 341 g/mol. The third kappa shape index (κ3) is 9.95. The standard InChI is InChI=1S/C21H32N4/c1(2-4-12-22-14-6-20-8-16-24-17-9-20)3-5-13-23-15-7-21-10-18-25-19-11-21/h8-11,16-19,22-23H,1-7,12-15H2. The summed E-state index contributed by atoms with van der Waals surface area (Å²) >= 11 is 0. The van der Waals surface area contributed by atoms with E-state index in [4.69, 9.17) is 0 Å². The topological polar surface area (TPSA) is 49.8 Å². The molecule has 136 valence electrons. The van der Waals surface area contributed by atoms with Crippen molar-refractivity contribution in [3.8, 4) is 0 Å². The van der Waals surface area contributed by atoms with Gasteiger partial charge in [-0.3, -0.25) is 9.97 Å². The Morgan fingerprint density at radius 3 is 1.36 bits per heavy atom. The van der Waals surface area contributed by atoms with Crippen LogP contribution in [0, 0.1) is 0 Å². The lowest BCUT2D eigenvalue weighted by molar-refractivity contribution is 0.557. The van der Waals surface area contributed by atoms with Gasteiger partial charge in [0.1, 0.15) is 0 Å². The summed E-state index contributed by atoms with van der Waals surface area (Å²) in [5, 5.41) is 7.06. The Bertz CT molecular complexity index is 481. The van der Waals surface area contributed by atoms with Crippen LogP contribution in [0.1, 0.15) is 43.2 Å². The predicted molar refractivity (Wildman–Crippen MR) is 105 cm³/mol. The summed E-state index contributed by atoms with van der Waals surface area (Å²) in [7, 11) is 0. The molecule has 2 aromatic rings. The van der Waals surface area contributed by atoms with E-state index in [9.17, 15) is 0 Å². The minimum atomic E-state index is 1.06. The van der Waals surface area contributed by atoms with E-state index in [1.54, 1.807) is 0 Å². The summed E-state index contributed by atoms with van der Waals surface area (Å²) in [6, 6.07) is 8.36. The monoisotopic (exact) mass is 340 g/mol. The number of pyridine rings is 2. The molecule has 0 atom stereocenters. The second kappa shape index (κ2) is 13.5. The van der Waals surface area contributed by atoms with Crippen molar-refractivity contribution in [2.75, 3.05) is 26.2 Å². The Kier molecular flexibility index (Phi) is 10.6. The number of hydrogen-bond acceptors (Lipinski definition) is 4. The van der Waals surface area contributed by atoms with Crippen LogP contribution in [0.3, 0.4) is 0 Å². The van der Waals surface area contributed by atoms with Crippen molar-refractivity contribution in [2.24, 2.45) is 0 Å². The minimum Gasteiger partial charge on any atom is -0.316 e. The molecular formula is C21H32N4. The van der Waals surface area contributed by atoms with Crippen LogP contribution in [-0.2, 0) is 12.8 Å². The van der Waals surface area contributed by atoms with Crippen LogP contribution in [0.25, 0.3) is 0 Å². The van der Waals surface area contributed by atoms with E-state index in [1.807, 2.05) is 24.8 Å². The zero-order chi connectivity index (χ0) is 17.4. The molecule has 0 spiro atoms. The van der Waals surface area contributed by atoms with Crippen molar-refractivity contribution >= 4 is 0 Å². The average Bonchev–Trinajstić information content (AvgIpc) is 2.67. The number of rotatable bonds is 14. The lowest BCUT2D eigenvalue weighted by Gasteiger charge is -2.06. The van der Waals surface area contributed by atoms with Gasteiger partial charge in [0.2, 0.25) is 0 Å². The van der Waals surface area contributed by atoms with E-state index in [0.29, 0.717) is 0 Å². The molecule has 0 amide bonds. The maximum atomic E-state index is 4.04. The molecule has 4 heteroatoms. The van der Waals surface area contributed by atoms with Gasteiger partial charge in [0, 0.05) is 24.8 Å². The first-order valence-corrected chi connectivity index (χ1v) is 9.64. The molecule has 0 aliphatic rings. The molecule has 0 fully saturated rings. The summed E-state index contributed by atoms with van der Waals surface area (Å²) in [4.78, 5) is 8.08. The van der Waals surface area contributed by atoms with Gasteiger partial charge in [-0.1, -0.05) is 19.3 Å². The van der Waals surface area contributed by atoms with E-state index in [0.717, 1.165) is 39.0 Å². The lowest BCUT2D eigenvalue weighted by atomic mass is 10.1. The zero-order valence-electron chi connectivity index (χ0n) is 15.3. The van der Waals surface area contributed by atoms with Crippen LogP contribution in [0.2, 0.25) is 0 Å². The maximum absolute atomic E-state index is 4.04. The predicted octanol–water partition coefficient (Wildman–Crippen LogP) is 3.39. The van der Waals surface area contributed by atoms with Crippen LogP contribution >= 0.6 is 0 Å². The van der Waals surface area contributed by atoms with E-state index in [2.05, 4.69) is 44.9 Å². The normalized spacial score (nSPS) is 10.9. The SMILES string of the molecule is c1cc(CCNCCCCCCCNCCc2ccncc2)ccn1. The fourth-order valence-electron chi connectivity index (χ4n) is 2.84. The zero-order valence-corrected chi connectivity index (χ0v) is 15.3. The van der Waals surface area contributed by atoms with Gasteiger partial charge in [-0.2, -0.15) is 0 Å². The highest BCUT2D eigenvalue weighted by molar-refractivity contribution is 5.10. The van der Waals surface area contributed by atoms with Gasteiger partial charge in [0.05, 0.1) is 0 Å². The molecule has 4 nitrogen and oxygen atoms in total. The van der Waals surface area contributed by atoms with Crippen LogP contribution in [0.4, 0.5) is 0 Å². The highest BCUT2D eigenvalue weighted by atomic mass is 14.8. The summed E-state index contributed by atoms with van der Waals surface area (Å²) in [6.07, 6.45) is 16.2. The Morgan fingerprint density at radius 2 is 0.920 bits per heavy atom. The second-order valence-corrected chi connectivity index (χ2v) is 6.48. The Labute approximate surface area is 152 Å². The van der Waals surface area contributed by atoms with Crippen LogP contribution < -0.4 is 10.6 Å². The Balaban J connectivity index is 1.30. The van der Waals surface area contributed by atoms with Crippen molar-refractivity contribution in [3.05, 3.63) is 60.2 Å². The molecule has 0 radical (unpaired) electrons. The van der Waals surface area contributed by atoms with E-state index in [-0.39, 0.29) is 0 Å². The summed E-state index contributed by atoms with van der Waals surface area (Å²) in [6.45, 7) is 4.39. The first-order valence-electron chi connectivity index (χ1n) is 9.64. The van der Waals surface area contributed by atoms with Gasteiger partial charge in [-0.05, 0) is 87.3 Å². The fourth-order valence-corrected chi connectivity index (χ4v) is 2.84. The minimum absolute atomic E-state index is 1.06. The smallest absolute Gasteiger partial charge is 0.0270 e.